The number of nitrogens with one attached hydrogen (secondary N) is 1. The third-order valence-corrected chi connectivity index (χ3v) is 6.45. The van der Waals surface area contributed by atoms with Crippen molar-refractivity contribution in [3.63, 3.8) is 0 Å². The SMILES string of the molecule is CC(C)[C@@H](C)NC(=O)CN(c1cccc(Cl)c1)S(=O)(=O)c1ccc(Cl)cc1. The molecule has 8 heteroatoms. The molecule has 0 aliphatic heterocycles. The van der Waals surface area contributed by atoms with E-state index in [0.29, 0.717) is 15.7 Å². The number of benzene rings is 2. The summed E-state index contributed by atoms with van der Waals surface area (Å²) in [6.45, 7) is 5.47. The summed E-state index contributed by atoms with van der Waals surface area (Å²) in [5, 5.41) is 3.63. The van der Waals surface area contributed by atoms with E-state index in [4.69, 9.17) is 23.2 Å². The zero-order valence-corrected chi connectivity index (χ0v) is 17.6. The number of carbonyl (C=O) groups is 1. The van der Waals surface area contributed by atoms with E-state index in [0.717, 1.165) is 4.31 Å². The monoisotopic (exact) mass is 428 g/mol. The van der Waals surface area contributed by atoms with Crippen LogP contribution in [-0.4, -0.2) is 26.9 Å². The Morgan fingerprint density at radius 3 is 2.22 bits per heavy atom. The van der Waals surface area contributed by atoms with Crippen LogP contribution < -0.4 is 9.62 Å². The van der Waals surface area contributed by atoms with Crippen molar-refractivity contribution in [2.45, 2.75) is 31.7 Å². The minimum atomic E-state index is -3.98. The summed E-state index contributed by atoms with van der Waals surface area (Å²) in [6, 6.07) is 12.1. The van der Waals surface area contributed by atoms with Crippen LogP contribution in [0.1, 0.15) is 20.8 Å². The van der Waals surface area contributed by atoms with Gasteiger partial charge in [0.1, 0.15) is 6.54 Å². The molecule has 2 rings (SSSR count). The second-order valence-corrected chi connectivity index (χ2v) is 9.28. The van der Waals surface area contributed by atoms with Gasteiger partial charge in [-0.1, -0.05) is 43.1 Å². The van der Waals surface area contributed by atoms with Gasteiger partial charge in [-0.25, -0.2) is 8.42 Å². The van der Waals surface area contributed by atoms with Crippen LogP contribution in [0.2, 0.25) is 10.0 Å². The number of hydrogen-bond donors (Lipinski definition) is 1. The van der Waals surface area contributed by atoms with Crippen LogP contribution in [0.3, 0.4) is 0 Å². The minimum absolute atomic E-state index is 0.0385. The third-order valence-electron chi connectivity index (χ3n) is 4.17. The van der Waals surface area contributed by atoms with E-state index in [1.54, 1.807) is 18.2 Å². The average Bonchev–Trinajstić information content (AvgIpc) is 2.59. The molecule has 146 valence electrons. The molecule has 0 saturated heterocycles. The second kappa shape index (κ2) is 8.95. The number of rotatable bonds is 7. The van der Waals surface area contributed by atoms with Crippen LogP contribution in [0, 0.1) is 5.92 Å². The molecule has 0 spiro atoms. The average molecular weight is 429 g/mol. The minimum Gasteiger partial charge on any atom is -0.352 e. The molecular formula is C19H22Cl2N2O3S. The molecule has 27 heavy (non-hydrogen) atoms. The molecule has 1 N–H and O–H groups in total. The fraction of sp³-hybridized carbons (Fsp3) is 0.316. The highest BCUT2D eigenvalue weighted by atomic mass is 35.5. The van der Waals surface area contributed by atoms with Crippen molar-refractivity contribution < 1.29 is 13.2 Å². The first kappa shape index (κ1) is 21.5. The fourth-order valence-corrected chi connectivity index (χ4v) is 4.00. The van der Waals surface area contributed by atoms with Gasteiger partial charge in [0, 0.05) is 16.1 Å². The number of amides is 1. The molecule has 0 heterocycles. The molecule has 0 radical (unpaired) electrons. The highest BCUT2D eigenvalue weighted by molar-refractivity contribution is 7.92. The van der Waals surface area contributed by atoms with Crippen LogP contribution in [0.25, 0.3) is 0 Å². The van der Waals surface area contributed by atoms with Gasteiger partial charge in [0.15, 0.2) is 0 Å². The lowest BCUT2D eigenvalue weighted by molar-refractivity contribution is -0.120. The largest absolute Gasteiger partial charge is 0.352 e. The molecule has 0 fully saturated rings. The van der Waals surface area contributed by atoms with Gasteiger partial charge in [0.2, 0.25) is 5.91 Å². The van der Waals surface area contributed by atoms with Gasteiger partial charge in [-0.15, -0.1) is 0 Å². The Balaban J connectivity index is 2.41. The summed E-state index contributed by atoms with van der Waals surface area (Å²) in [5.41, 5.74) is 0.310. The van der Waals surface area contributed by atoms with Crippen LogP contribution in [0.15, 0.2) is 53.4 Å². The second-order valence-electron chi connectivity index (χ2n) is 6.55. The Morgan fingerprint density at radius 1 is 1.04 bits per heavy atom. The highest BCUT2D eigenvalue weighted by Gasteiger charge is 2.28. The molecule has 2 aromatic carbocycles. The van der Waals surface area contributed by atoms with Crippen LogP contribution >= 0.6 is 23.2 Å². The smallest absolute Gasteiger partial charge is 0.264 e. The lowest BCUT2D eigenvalue weighted by Crippen LogP contribution is -2.45. The molecule has 0 aliphatic carbocycles. The lowest BCUT2D eigenvalue weighted by Gasteiger charge is -2.26. The normalized spacial score (nSPS) is 12.7. The maximum absolute atomic E-state index is 13.2. The van der Waals surface area contributed by atoms with Gasteiger partial charge in [-0.05, 0) is 55.3 Å². The molecule has 5 nitrogen and oxygen atoms in total. The van der Waals surface area contributed by atoms with Gasteiger partial charge < -0.3 is 5.32 Å². The number of sulfonamides is 1. The van der Waals surface area contributed by atoms with Crippen molar-refractivity contribution in [1.29, 1.82) is 0 Å². The molecule has 0 bridgehead atoms. The fourth-order valence-electron chi connectivity index (χ4n) is 2.28. The van der Waals surface area contributed by atoms with E-state index in [-0.39, 0.29) is 23.4 Å². The standard InChI is InChI=1S/C19H22Cl2N2O3S/c1-13(2)14(3)22-19(24)12-23(17-6-4-5-16(21)11-17)27(25,26)18-9-7-15(20)8-10-18/h4-11,13-14H,12H2,1-3H3,(H,22,24)/t14-/m1/s1. The van der Waals surface area contributed by atoms with Crippen LogP contribution in [-0.2, 0) is 14.8 Å². The van der Waals surface area contributed by atoms with Crippen LogP contribution in [0.5, 0.6) is 0 Å². The van der Waals surface area contributed by atoms with Crippen molar-refractivity contribution in [2.24, 2.45) is 5.92 Å². The first-order valence-corrected chi connectivity index (χ1v) is 10.6. The first-order valence-electron chi connectivity index (χ1n) is 8.44. The summed E-state index contributed by atoms with van der Waals surface area (Å²) < 4.78 is 27.4. The summed E-state index contributed by atoms with van der Waals surface area (Å²) in [7, 11) is -3.98. The van der Waals surface area contributed by atoms with Crippen molar-refractivity contribution in [1.82, 2.24) is 5.32 Å². The van der Waals surface area contributed by atoms with Gasteiger partial charge in [0.25, 0.3) is 10.0 Å². The topological polar surface area (TPSA) is 66.5 Å². The Morgan fingerprint density at radius 2 is 1.67 bits per heavy atom. The van der Waals surface area contributed by atoms with E-state index in [9.17, 15) is 13.2 Å². The predicted octanol–water partition coefficient (Wildman–Crippen LogP) is 4.35. The Labute approximate surface area is 170 Å². The van der Waals surface area contributed by atoms with E-state index >= 15 is 0 Å². The quantitative estimate of drug-likeness (QED) is 0.712. The van der Waals surface area contributed by atoms with Crippen molar-refractivity contribution >= 4 is 44.8 Å². The van der Waals surface area contributed by atoms with Gasteiger partial charge in [-0.3, -0.25) is 9.10 Å². The summed E-state index contributed by atoms with van der Waals surface area (Å²) in [4.78, 5) is 12.5. The third kappa shape index (κ3) is 5.61. The summed E-state index contributed by atoms with van der Waals surface area (Å²) >= 11 is 11.9. The molecule has 0 aliphatic rings. The maximum Gasteiger partial charge on any atom is 0.264 e. The number of carbonyl (C=O) groups excluding carboxylic acids is 1. The number of anilines is 1. The molecule has 0 saturated carbocycles. The number of halogens is 2. The van der Waals surface area contributed by atoms with E-state index in [1.165, 1.54) is 30.3 Å². The summed E-state index contributed by atoms with van der Waals surface area (Å²) in [5.74, 6) is -0.171. The molecule has 1 atom stereocenters. The first-order chi connectivity index (χ1) is 12.6. The zero-order chi connectivity index (χ0) is 20.2. The van der Waals surface area contributed by atoms with Crippen molar-refractivity contribution in [3.8, 4) is 0 Å². The van der Waals surface area contributed by atoms with Crippen molar-refractivity contribution in [2.75, 3.05) is 10.8 Å². The van der Waals surface area contributed by atoms with E-state index in [2.05, 4.69) is 5.32 Å². The van der Waals surface area contributed by atoms with E-state index < -0.39 is 15.9 Å². The number of hydrogen-bond acceptors (Lipinski definition) is 3. The van der Waals surface area contributed by atoms with E-state index in [1.807, 2.05) is 20.8 Å². The van der Waals surface area contributed by atoms with Crippen LogP contribution in [0.4, 0.5) is 5.69 Å². The molecule has 1 amide bonds. The van der Waals surface area contributed by atoms with Gasteiger partial charge >= 0.3 is 0 Å². The molecule has 0 aromatic heterocycles. The van der Waals surface area contributed by atoms with Gasteiger partial charge in [-0.2, -0.15) is 0 Å². The summed E-state index contributed by atoms with van der Waals surface area (Å²) in [6.07, 6.45) is 0. The highest BCUT2D eigenvalue weighted by Crippen LogP contribution is 2.26. The predicted molar refractivity (Wildman–Crippen MR) is 110 cm³/mol. The molecular weight excluding hydrogens is 407 g/mol. The Kier molecular flexibility index (Phi) is 7.14. The maximum atomic E-state index is 13.2. The number of nitrogens with zero attached hydrogens (tertiary/aromatic N) is 1. The lowest BCUT2D eigenvalue weighted by atomic mass is 10.1. The molecule has 2 aromatic rings. The Bertz CT molecular complexity index is 899. The Hall–Kier alpha value is -1.76. The zero-order valence-electron chi connectivity index (χ0n) is 15.3. The van der Waals surface area contributed by atoms with Gasteiger partial charge in [0.05, 0.1) is 10.6 Å². The van der Waals surface area contributed by atoms with Crippen molar-refractivity contribution in [3.05, 3.63) is 58.6 Å². The molecule has 0 unspecified atom stereocenters.